The van der Waals surface area contributed by atoms with Gasteiger partial charge in [0.15, 0.2) is 0 Å². The largest absolute Gasteiger partial charge is 0.393 e. The standard InChI is InChI=1S/C12H11BrCl2F3NO2S/c13-8-4-9(14)11(10(15)5-8)22(20,21)19-3-1-2-7(6-19)12(16,17)18/h4-5,7H,1-3,6H2/t7-/m0/s1. The molecule has 0 bridgehead atoms. The molecule has 0 saturated carbocycles. The summed E-state index contributed by atoms with van der Waals surface area (Å²) >= 11 is 15.0. The van der Waals surface area contributed by atoms with Gasteiger partial charge in [0.2, 0.25) is 10.0 Å². The lowest BCUT2D eigenvalue weighted by Crippen LogP contribution is -2.44. The zero-order valence-corrected chi connectivity index (χ0v) is 14.9. The Kier molecular flexibility index (Phi) is 5.39. The van der Waals surface area contributed by atoms with Crippen molar-refractivity contribution in [3.05, 3.63) is 26.7 Å². The lowest BCUT2D eigenvalue weighted by atomic mass is 9.99. The predicted octanol–water partition coefficient (Wildman–Crippen LogP) is 4.72. The number of benzene rings is 1. The molecule has 0 aliphatic carbocycles. The molecule has 1 atom stereocenters. The molecule has 0 spiro atoms. The van der Waals surface area contributed by atoms with Crippen LogP contribution in [0, 0.1) is 5.92 Å². The van der Waals surface area contributed by atoms with Gasteiger partial charge in [0.05, 0.1) is 16.0 Å². The quantitative estimate of drug-likeness (QED) is 0.667. The SMILES string of the molecule is O=S(=O)(c1c(Cl)cc(Br)cc1Cl)N1CCC[C@H](C(F)(F)F)C1. The summed E-state index contributed by atoms with van der Waals surface area (Å²) in [6.07, 6.45) is -4.38. The first kappa shape index (κ1) is 18.3. The van der Waals surface area contributed by atoms with Gasteiger partial charge in [-0.1, -0.05) is 39.1 Å². The molecule has 1 saturated heterocycles. The molecule has 2 rings (SSSR count). The van der Waals surface area contributed by atoms with E-state index in [1.807, 2.05) is 0 Å². The van der Waals surface area contributed by atoms with E-state index >= 15 is 0 Å². The summed E-state index contributed by atoms with van der Waals surface area (Å²) in [4.78, 5) is -0.359. The first-order valence-corrected chi connectivity index (χ1v) is 9.24. The average molecular weight is 441 g/mol. The number of sulfonamides is 1. The fraction of sp³-hybridized carbons (Fsp3) is 0.500. The van der Waals surface area contributed by atoms with Crippen molar-refractivity contribution in [2.45, 2.75) is 23.9 Å². The van der Waals surface area contributed by atoms with E-state index in [9.17, 15) is 21.6 Å². The van der Waals surface area contributed by atoms with E-state index in [1.165, 1.54) is 12.1 Å². The zero-order chi connectivity index (χ0) is 16.7. The molecular weight excluding hydrogens is 430 g/mol. The van der Waals surface area contributed by atoms with Crippen molar-refractivity contribution in [3.63, 3.8) is 0 Å². The van der Waals surface area contributed by atoms with Crippen LogP contribution in [0.15, 0.2) is 21.5 Å². The Morgan fingerprint density at radius 2 is 1.77 bits per heavy atom. The minimum Gasteiger partial charge on any atom is -0.207 e. The molecular formula is C12H11BrCl2F3NO2S. The number of rotatable bonds is 2. The molecule has 3 nitrogen and oxygen atoms in total. The molecule has 1 aromatic carbocycles. The van der Waals surface area contributed by atoms with Gasteiger partial charge < -0.3 is 0 Å². The van der Waals surface area contributed by atoms with Crippen molar-refractivity contribution in [2.75, 3.05) is 13.1 Å². The van der Waals surface area contributed by atoms with Crippen LogP contribution >= 0.6 is 39.1 Å². The second kappa shape index (κ2) is 6.47. The van der Waals surface area contributed by atoms with Crippen molar-refractivity contribution in [2.24, 2.45) is 5.92 Å². The molecule has 10 heteroatoms. The summed E-state index contributed by atoms with van der Waals surface area (Å²) in [5, 5.41) is -0.262. The summed E-state index contributed by atoms with van der Waals surface area (Å²) in [5.74, 6) is -1.68. The maximum Gasteiger partial charge on any atom is 0.393 e. The van der Waals surface area contributed by atoms with Gasteiger partial charge in [-0.15, -0.1) is 0 Å². The molecule has 0 radical (unpaired) electrons. The Bertz CT molecular complexity index is 658. The normalized spacial score (nSPS) is 21.1. The van der Waals surface area contributed by atoms with Gasteiger partial charge in [-0.25, -0.2) is 8.42 Å². The van der Waals surface area contributed by atoms with Crippen molar-refractivity contribution < 1.29 is 21.6 Å². The Hall–Kier alpha value is -0.0200. The van der Waals surface area contributed by atoms with Crippen LogP contribution in [0.1, 0.15) is 12.8 Å². The number of halogens is 6. The highest BCUT2D eigenvalue weighted by Gasteiger charge is 2.44. The summed E-state index contributed by atoms with van der Waals surface area (Å²) in [7, 11) is -4.18. The molecule has 0 aromatic heterocycles. The van der Waals surface area contributed by atoms with Crippen LogP contribution in [0.4, 0.5) is 13.2 Å². The molecule has 1 fully saturated rings. The minimum absolute atomic E-state index is 0.0115. The third-order valence-corrected chi connectivity index (χ3v) is 6.65. The van der Waals surface area contributed by atoms with E-state index in [0.29, 0.717) is 4.47 Å². The van der Waals surface area contributed by atoms with Gasteiger partial charge in [-0.2, -0.15) is 17.5 Å². The molecule has 22 heavy (non-hydrogen) atoms. The molecule has 0 N–H and O–H groups in total. The van der Waals surface area contributed by atoms with Crippen LogP contribution in [0.2, 0.25) is 10.0 Å². The van der Waals surface area contributed by atoms with Gasteiger partial charge in [-0.3, -0.25) is 0 Å². The van der Waals surface area contributed by atoms with E-state index in [2.05, 4.69) is 15.9 Å². The lowest BCUT2D eigenvalue weighted by Gasteiger charge is -2.33. The first-order chi connectivity index (χ1) is 10.0. The van der Waals surface area contributed by atoms with Crippen LogP contribution in [0.5, 0.6) is 0 Å². The van der Waals surface area contributed by atoms with Gasteiger partial charge >= 0.3 is 6.18 Å². The van der Waals surface area contributed by atoms with Crippen LogP contribution in [0.3, 0.4) is 0 Å². The number of hydrogen-bond acceptors (Lipinski definition) is 2. The fourth-order valence-electron chi connectivity index (χ4n) is 2.33. The topological polar surface area (TPSA) is 37.4 Å². The second-order valence-electron chi connectivity index (χ2n) is 4.94. The number of nitrogens with zero attached hydrogens (tertiary/aromatic N) is 1. The second-order valence-corrected chi connectivity index (χ2v) is 8.55. The number of piperidine rings is 1. The average Bonchev–Trinajstić information content (AvgIpc) is 2.36. The Morgan fingerprint density at radius 1 is 1.23 bits per heavy atom. The maximum absolute atomic E-state index is 12.8. The summed E-state index contributed by atoms with van der Waals surface area (Å²) in [5.41, 5.74) is 0. The molecule has 1 aliphatic heterocycles. The van der Waals surface area contributed by atoms with E-state index in [0.717, 1.165) is 4.31 Å². The van der Waals surface area contributed by atoms with Crippen molar-refractivity contribution in [3.8, 4) is 0 Å². The Morgan fingerprint density at radius 3 is 2.27 bits per heavy atom. The van der Waals surface area contributed by atoms with Gasteiger partial charge in [0.25, 0.3) is 0 Å². The smallest absolute Gasteiger partial charge is 0.207 e. The Balaban J connectivity index is 2.39. The summed E-state index contributed by atoms with van der Waals surface area (Å²) < 4.78 is 65.0. The van der Waals surface area contributed by atoms with E-state index < -0.39 is 28.7 Å². The third kappa shape index (κ3) is 3.72. The molecule has 1 heterocycles. The van der Waals surface area contributed by atoms with E-state index in [1.54, 1.807) is 0 Å². The maximum atomic E-state index is 12.8. The van der Waals surface area contributed by atoms with Crippen LogP contribution < -0.4 is 0 Å². The van der Waals surface area contributed by atoms with Crippen LogP contribution in [-0.4, -0.2) is 32.0 Å². The molecule has 0 unspecified atom stereocenters. The highest BCUT2D eigenvalue weighted by atomic mass is 79.9. The minimum atomic E-state index is -4.43. The fourth-order valence-corrected chi connectivity index (χ4v) is 5.74. The lowest BCUT2D eigenvalue weighted by molar-refractivity contribution is -0.182. The first-order valence-electron chi connectivity index (χ1n) is 6.25. The monoisotopic (exact) mass is 439 g/mol. The van der Waals surface area contributed by atoms with E-state index in [4.69, 9.17) is 23.2 Å². The van der Waals surface area contributed by atoms with Crippen molar-refractivity contribution in [1.29, 1.82) is 0 Å². The van der Waals surface area contributed by atoms with Gasteiger partial charge in [-0.05, 0) is 25.0 Å². The Labute approximate surface area is 144 Å². The third-order valence-electron chi connectivity index (χ3n) is 3.41. The van der Waals surface area contributed by atoms with Gasteiger partial charge in [0.1, 0.15) is 4.90 Å². The van der Waals surface area contributed by atoms with Crippen molar-refractivity contribution in [1.82, 2.24) is 4.31 Å². The van der Waals surface area contributed by atoms with Gasteiger partial charge in [0, 0.05) is 17.6 Å². The summed E-state index contributed by atoms with van der Waals surface area (Å²) in [6, 6.07) is 2.68. The van der Waals surface area contributed by atoms with E-state index in [-0.39, 0.29) is 34.3 Å². The molecule has 1 aliphatic rings. The van der Waals surface area contributed by atoms with Crippen LogP contribution in [0.25, 0.3) is 0 Å². The predicted molar refractivity (Wildman–Crippen MR) is 81.7 cm³/mol. The van der Waals surface area contributed by atoms with Crippen molar-refractivity contribution >= 4 is 49.2 Å². The number of alkyl halides is 3. The molecule has 1 aromatic rings. The summed E-state index contributed by atoms with van der Waals surface area (Å²) in [6.45, 7) is -0.605. The van der Waals surface area contributed by atoms with Crippen LogP contribution in [-0.2, 0) is 10.0 Å². The highest BCUT2D eigenvalue weighted by molar-refractivity contribution is 9.10. The number of hydrogen-bond donors (Lipinski definition) is 0. The highest BCUT2D eigenvalue weighted by Crippen LogP contribution is 2.38. The molecule has 124 valence electrons. The molecule has 0 amide bonds. The zero-order valence-electron chi connectivity index (χ0n) is 11.0.